The number of aliphatic hydroxyl groups is 1. The number of hydrogen-bond donors (Lipinski definition) is 2. The summed E-state index contributed by atoms with van der Waals surface area (Å²) in [5, 5.41) is 15.1. The molecule has 0 amide bonds. The summed E-state index contributed by atoms with van der Waals surface area (Å²) in [5.74, 6) is 3.10. The predicted molar refractivity (Wildman–Crippen MR) is 122 cm³/mol. The van der Waals surface area contributed by atoms with Gasteiger partial charge in [0, 0.05) is 18.4 Å². The zero-order valence-electron chi connectivity index (χ0n) is 17.8. The van der Waals surface area contributed by atoms with Crippen molar-refractivity contribution in [3.05, 3.63) is 65.7 Å². The molecule has 0 unspecified atom stereocenters. The van der Waals surface area contributed by atoms with Gasteiger partial charge in [-0.05, 0) is 49.1 Å². The Labute approximate surface area is 188 Å². The number of methoxy groups -OCH3 is 2. The number of ether oxygens (including phenoxy) is 2. The molecule has 0 saturated heterocycles. The van der Waals surface area contributed by atoms with Crippen molar-refractivity contribution in [3.8, 4) is 17.2 Å². The minimum atomic E-state index is -0.515. The van der Waals surface area contributed by atoms with Crippen LogP contribution in [0.25, 0.3) is 5.69 Å². The van der Waals surface area contributed by atoms with Crippen molar-refractivity contribution in [2.75, 3.05) is 14.2 Å². The lowest BCUT2D eigenvalue weighted by Crippen LogP contribution is -2.40. The van der Waals surface area contributed by atoms with E-state index in [2.05, 4.69) is 0 Å². The molecule has 2 aromatic carbocycles. The van der Waals surface area contributed by atoms with Crippen LogP contribution in [0.5, 0.6) is 11.5 Å². The Balaban J connectivity index is 0.00000272. The van der Waals surface area contributed by atoms with E-state index in [1.54, 1.807) is 14.2 Å². The van der Waals surface area contributed by atoms with Gasteiger partial charge in [-0.3, -0.25) is 0 Å². The minimum absolute atomic E-state index is 0. The summed E-state index contributed by atoms with van der Waals surface area (Å²) in [6.45, 7) is 0. The number of nitrogens with two attached hydrogens (primary N) is 1. The lowest BCUT2D eigenvalue weighted by Gasteiger charge is -2.30. The normalized spacial score (nSPS) is 20.7. The second-order valence-electron chi connectivity index (χ2n) is 7.74. The molecule has 1 aromatic heterocycles. The van der Waals surface area contributed by atoms with Gasteiger partial charge in [-0.2, -0.15) is 5.10 Å². The molecular formula is C23H29ClN4O3. The van der Waals surface area contributed by atoms with Gasteiger partial charge in [-0.25, -0.2) is 9.67 Å². The number of benzene rings is 2. The minimum Gasteiger partial charge on any atom is -0.493 e. The fourth-order valence-corrected chi connectivity index (χ4v) is 4.04. The van der Waals surface area contributed by atoms with E-state index in [0.717, 1.165) is 35.7 Å². The van der Waals surface area contributed by atoms with Gasteiger partial charge in [-0.15, -0.1) is 12.4 Å². The van der Waals surface area contributed by atoms with Gasteiger partial charge in [0.2, 0.25) is 0 Å². The van der Waals surface area contributed by atoms with Crippen LogP contribution in [0.3, 0.4) is 0 Å². The van der Waals surface area contributed by atoms with Crippen molar-refractivity contribution in [2.45, 2.75) is 43.7 Å². The molecule has 3 atom stereocenters. The molecule has 166 valence electrons. The van der Waals surface area contributed by atoms with E-state index in [4.69, 9.17) is 25.3 Å². The number of para-hydroxylation sites is 1. The molecule has 1 aliphatic carbocycles. The van der Waals surface area contributed by atoms with Crippen LogP contribution in [-0.4, -0.2) is 46.2 Å². The van der Waals surface area contributed by atoms with Gasteiger partial charge in [0.1, 0.15) is 5.82 Å². The Morgan fingerprint density at radius 1 is 1.06 bits per heavy atom. The molecule has 4 rings (SSSR count). The first-order valence-electron chi connectivity index (χ1n) is 10.2. The maximum atomic E-state index is 10.3. The molecule has 1 saturated carbocycles. The lowest BCUT2D eigenvalue weighted by atomic mass is 9.84. The molecule has 0 radical (unpaired) electrons. The topological polar surface area (TPSA) is 95.4 Å². The second-order valence-corrected chi connectivity index (χ2v) is 7.74. The Morgan fingerprint density at radius 2 is 1.81 bits per heavy atom. The Hall–Kier alpha value is -2.61. The van der Waals surface area contributed by atoms with Gasteiger partial charge >= 0.3 is 0 Å². The van der Waals surface area contributed by atoms with Crippen molar-refractivity contribution in [1.82, 2.24) is 14.8 Å². The summed E-state index contributed by atoms with van der Waals surface area (Å²) in [6, 6.07) is 15.7. The highest BCUT2D eigenvalue weighted by atomic mass is 35.5. The summed E-state index contributed by atoms with van der Waals surface area (Å²) >= 11 is 0. The van der Waals surface area contributed by atoms with Crippen LogP contribution in [-0.2, 0) is 6.42 Å². The van der Waals surface area contributed by atoms with E-state index < -0.39 is 6.10 Å². The standard InChI is InChI=1S/C23H28N4O3.ClH/c1-29-20-11-8-15(12-21(20)30-2)13-22-25-23(16-9-10-18(24)19(28)14-16)27(26-22)17-6-4-3-5-7-17;/h3-8,11-12,16,18-19,28H,9-10,13-14,24H2,1-2H3;1H/t16-,18+,19+;/m0./s1. The van der Waals surface area contributed by atoms with Crippen LogP contribution in [0.4, 0.5) is 0 Å². The first-order valence-corrected chi connectivity index (χ1v) is 10.2. The average Bonchev–Trinajstić information content (AvgIpc) is 3.20. The SMILES string of the molecule is COc1ccc(Cc2nc([C@H]3CC[C@@H](N)[C@H](O)C3)n(-c3ccccc3)n2)cc1OC.Cl. The largest absolute Gasteiger partial charge is 0.493 e. The van der Waals surface area contributed by atoms with Gasteiger partial charge < -0.3 is 20.3 Å². The van der Waals surface area contributed by atoms with E-state index in [1.165, 1.54) is 0 Å². The first kappa shape index (κ1) is 23.1. The molecule has 1 fully saturated rings. The summed E-state index contributed by atoms with van der Waals surface area (Å²) in [5.41, 5.74) is 8.01. The van der Waals surface area contributed by atoms with Gasteiger partial charge in [0.25, 0.3) is 0 Å². The molecule has 0 spiro atoms. The van der Waals surface area contributed by atoms with Crippen LogP contribution in [0.2, 0.25) is 0 Å². The molecular weight excluding hydrogens is 416 g/mol. The Bertz CT molecular complexity index is 996. The quantitative estimate of drug-likeness (QED) is 0.606. The molecule has 3 N–H and O–H groups in total. The van der Waals surface area contributed by atoms with Crippen molar-refractivity contribution in [1.29, 1.82) is 0 Å². The van der Waals surface area contributed by atoms with Crippen molar-refractivity contribution < 1.29 is 14.6 Å². The number of halogens is 1. The van der Waals surface area contributed by atoms with Gasteiger partial charge in [-0.1, -0.05) is 24.3 Å². The third-order valence-electron chi connectivity index (χ3n) is 5.72. The molecule has 7 nitrogen and oxygen atoms in total. The molecule has 1 aliphatic rings. The van der Waals surface area contributed by atoms with Gasteiger partial charge in [0.15, 0.2) is 17.3 Å². The average molecular weight is 445 g/mol. The summed E-state index contributed by atoms with van der Waals surface area (Å²) in [6.07, 6.45) is 2.32. The summed E-state index contributed by atoms with van der Waals surface area (Å²) in [7, 11) is 3.25. The van der Waals surface area contributed by atoms with E-state index >= 15 is 0 Å². The van der Waals surface area contributed by atoms with Crippen molar-refractivity contribution >= 4 is 12.4 Å². The number of aliphatic hydroxyl groups excluding tert-OH is 1. The zero-order valence-corrected chi connectivity index (χ0v) is 18.6. The van der Waals surface area contributed by atoms with Crippen LogP contribution in [0, 0.1) is 0 Å². The Morgan fingerprint density at radius 3 is 2.48 bits per heavy atom. The third kappa shape index (κ3) is 5.01. The molecule has 3 aromatic rings. The number of nitrogens with zero attached hydrogens (tertiary/aromatic N) is 3. The fourth-order valence-electron chi connectivity index (χ4n) is 4.04. The molecule has 8 heteroatoms. The van der Waals surface area contributed by atoms with Crippen molar-refractivity contribution in [2.24, 2.45) is 5.73 Å². The fraction of sp³-hybridized carbons (Fsp3) is 0.391. The van der Waals surface area contributed by atoms with Crippen LogP contribution in [0.15, 0.2) is 48.5 Å². The van der Waals surface area contributed by atoms with E-state index in [9.17, 15) is 5.11 Å². The molecule has 31 heavy (non-hydrogen) atoms. The zero-order chi connectivity index (χ0) is 21.1. The number of rotatable bonds is 6. The second kappa shape index (κ2) is 10.1. The number of aromatic nitrogens is 3. The molecule has 1 heterocycles. The van der Waals surface area contributed by atoms with Crippen molar-refractivity contribution in [3.63, 3.8) is 0 Å². The molecule has 0 bridgehead atoms. The van der Waals surface area contributed by atoms with Crippen LogP contribution < -0.4 is 15.2 Å². The predicted octanol–water partition coefficient (Wildman–Crippen LogP) is 3.25. The van der Waals surface area contributed by atoms with E-state index in [1.807, 2.05) is 53.2 Å². The maximum Gasteiger partial charge on any atom is 0.161 e. The summed E-state index contributed by atoms with van der Waals surface area (Å²) in [4.78, 5) is 4.89. The Kier molecular flexibility index (Phi) is 7.54. The molecule has 0 aliphatic heterocycles. The number of hydrogen-bond acceptors (Lipinski definition) is 6. The van der Waals surface area contributed by atoms with E-state index in [0.29, 0.717) is 24.3 Å². The van der Waals surface area contributed by atoms with Crippen LogP contribution >= 0.6 is 12.4 Å². The van der Waals surface area contributed by atoms with E-state index in [-0.39, 0.29) is 24.4 Å². The van der Waals surface area contributed by atoms with Crippen LogP contribution in [0.1, 0.15) is 42.4 Å². The highest BCUT2D eigenvalue weighted by Crippen LogP contribution is 2.33. The third-order valence-corrected chi connectivity index (χ3v) is 5.72. The summed E-state index contributed by atoms with van der Waals surface area (Å²) < 4.78 is 12.7. The van der Waals surface area contributed by atoms with Gasteiger partial charge in [0.05, 0.1) is 26.0 Å². The first-order chi connectivity index (χ1) is 14.6. The highest BCUT2D eigenvalue weighted by molar-refractivity contribution is 5.85. The lowest BCUT2D eigenvalue weighted by molar-refractivity contribution is 0.0961. The smallest absolute Gasteiger partial charge is 0.161 e. The maximum absolute atomic E-state index is 10.3. The highest BCUT2D eigenvalue weighted by Gasteiger charge is 2.31. The monoisotopic (exact) mass is 444 g/mol.